The Morgan fingerprint density at radius 2 is 2.29 bits per heavy atom. The van der Waals surface area contributed by atoms with Crippen LogP contribution in [0.1, 0.15) is 37.2 Å². The van der Waals surface area contributed by atoms with E-state index in [0.29, 0.717) is 18.8 Å². The number of nitrogens with zero attached hydrogens (tertiary/aromatic N) is 3. The molecule has 0 radical (unpaired) electrons. The third-order valence-corrected chi connectivity index (χ3v) is 2.69. The summed E-state index contributed by atoms with van der Waals surface area (Å²) < 4.78 is 1.85. The highest BCUT2D eigenvalue weighted by Gasteiger charge is 2.15. The van der Waals surface area contributed by atoms with Crippen LogP contribution in [0, 0.1) is 0 Å². The van der Waals surface area contributed by atoms with Crippen LogP contribution in [0.25, 0.3) is 0 Å². The predicted octanol–water partition coefficient (Wildman–Crippen LogP) is 1.10. The summed E-state index contributed by atoms with van der Waals surface area (Å²) in [5.74, 6) is 0.0109. The van der Waals surface area contributed by atoms with Gasteiger partial charge in [-0.05, 0) is 13.3 Å². The van der Waals surface area contributed by atoms with Crippen LogP contribution in [0.4, 0.5) is 0 Å². The summed E-state index contributed by atoms with van der Waals surface area (Å²) in [4.78, 5) is 18.1. The third-order valence-electron chi connectivity index (χ3n) is 2.69. The zero-order valence-electron chi connectivity index (χ0n) is 10.7. The standard InChI is InChI=1S/C12H22N4O/c1-3-5-7-16(4-2)12(17)11-9-15(8-6-13)10-14-11/h9-10H,3-8,13H2,1-2H3. The fraction of sp³-hybridized carbons (Fsp3) is 0.667. The third kappa shape index (κ3) is 3.85. The second-order valence-electron chi connectivity index (χ2n) is 4.02. The molecule has 1 amide bonds. The Morgan fingerprint density at radius 3 is 2.88 bits per heavy atom. The zero-order chi connectivity index (χ0) is 12.7. The predicted molar refractivity (Wildman–Crippen MR) is 67.8 cm³/mol. The van der Waals surface area contributed by atoms with Gasteiger partial charge in [-0.25, -0.2) is 4.98 Å². The van der Waals surface area contributed by atoms with Crippen molar-refractivity contribution < 1.29 is 4.79 Å². The fourth-order valence-corrected chi connectivity index (χ4v) is 1.66. The lowest BCUT2D eigenvalue weighted by Gasteiger charge is -2.19. The molecule has 0 fully saturated rings. The number of imidazole rings is 1. The summed E-state index contributed by atoms with van der Waals surface area (Å²) in [6.45, 7) is 6.88. The molecule has 0 spiro atoms. The van der Waals surface area contributed by atoms with E-state index in [4.69, 9.17) is 5.73 Å². The van der Waals surface area contributed by atoms with Gasteiger partial charge < -0.3 is 15.2 Å². The van der Waals surface area contributed by atoms with Crippen molar-refractivity contribution in [2.24, 2.45) is 5.73 Å². The first-order valence-electron chi connectivity index (χ1n) is 6.24. The highest BCUT2D eigenvalue weighted by Crippen LogP contribution is 2.04. The van der Waals surface area contributed by atoms with Crippen molar-refractivity contribution in [1.82, 2.24) is 14.5 Å². The Labute approximate surface area is 103 Å². The van der Waals surface area contributed by atoms with Crippen LogP contribution in [-0.4, -0.2) is 40.0 Å². The number of aromatic nitrogens is 2. The van der Waals surface area contributed by atoms with Gasteiger partial charge in [0.15, 0.2) is 0 Å². The lowest BCUT2D eigenvalue weighted by atomic mass is 10.3. The first kappa shape index (κ1) is 13.7. The molecule has 0 bridgehead atoms. The molecule has 2 N–H and O–H groups in total. The van der Waals surface area contributed by atoms with Crippen molar-refractivity contribution in [3.8, 4) is 0 Å². The van der Waals surface area contributed by atoms with Gasteiger partial charge in [-0.2, -0.15) is 0 Å². The van der Waals surface area contributed by atoms with E-state index in [-0.39, 0.29) is 5.91 Å². The van der Waals surface area contributed by atoms with Crippen molar-refractivity contribution in [3.05, 3.63) is 18.2 Å². The summed E-state index contributed by atoms with van der Waals surface area (Å²) >= 11 is 0. The quantitative estimate of drug-likeness (QED) is 0.773. The Balaban J connectivity index is 2.65. The monoisotopic (exact) mass is 238 g/mol. The molecular weight excluding hydrogens is 216 g/mol. The minimum absolute atomic E-state index is 0.0109. The number of hydrogen-bond acceptors (Lipinski definition) is 3. The number of hydrogen-bond donors (Lipinski definition) is 1. The maximum Gasteiger partial charge on any atom is 0.274 e. The number of amides is 1. The Hall–Kier alpha value is -1.36. The second-order valence-corrected chi connectivity index (χ2v) is 4.02. The molecule has 0 aliphatic heterocycles. The van der Waals surface area contributed by atoms with Crippen LogP contribution in [0.2, 0.25) is 0 Å². The molecule has 5 nitrogen and oxygen atoms in total. The van der Waals surface area contributed by atoms with E-state index >= 15 is 0 Å². The molecule has 0 aliphatic carbocycles. The molecule has 1 aromatic heterocycles. The van der Waals surface area contributed by atoms with Crippen LogP contribution in [-0.2, 0) is 6.54 Å². The largest absolute Gasteiger partial charge is 0.338 e. The molecule has 0 aliphatic rings. The van der Waals surface area contributed by atoms with Crippen LogP contribution in [0.3, 0.4) is 0 Å². The molecular formula is C12H22N4O. The number of carbonyl (C=O) groups is 1. The zero-order valence-corrected chi connectivity index (χ0v) is 10.7. The van der Waals surface area contributed by atoms with Gasteiger partial charge in [0.2, 0.25) is 0 Å². The maximum absolute atomic E-state index is 12.1. The van der Waals surface area contributed by atoms with Crippen molar-refractivity contribution in [1.29, 1.82) is 0 Å². The lowest BCUT2D eigenvalue weighted by molar-refractivity contribution is 0.0757. The molecule has 5 heteroatoms. The number of nitrogens with two attached hydrogens (primary N) is 1. The van der Waals surface area contributed by atoms with Crippen LogP contribution in [0.15, 0.2) is 12.5 Å². The molecule has 0 saturated heterocycles. The number of rotatable bonds is 7. The van der Waals surface area contributed by atoms with Crippen molar-refractivity contribution in [3.63, 3.8) is 0 Å². The Morgan fingerprint density at radius 1 is 1.53 bits per heavy atom. The SMILES string of the molecule is CCCCN(CC)C(=O)c1cn(CCN)cn1. The average molecular weight is 238 g/mol. The molecule has 0 saturated carbocycles. The smallest absolute Gasteiger partial charge is 0.274 e. The maximum atomic E-state index is 12.1. The van der Waals surface area contributed by atoms with Crippen LogP contribution in [0.5, 0.6) is 0 Å². The van der Waals surface area contributed by atoms with Gasteiger partial charge in [0, 0.05) is 32.4 Å². The van der Waals surface area contributed by atoms with Gasteiger partial charge in [-0.15, -0.1) is 0 Å². The van der Waals surface area contributed by atoms with E-state index in [0.717, 1.165) is 25.9 Å². The minimum atomic E-state index is 0.0109. The molecule has 1 rings (SSSR count). The highest BCUT2D eigenvalue weighted by atomic mass is 16.2. The second kappa shape index (κ2) is 7.06. The Bertz CT molecular complexity index is 348. The van der Waals surface area contributed by atoms with Crippen molar-refractivity contribution in [2.45, 2.75) is 33.2 Å². The van der Waals surface area contributed by atoms with Crippen LogP contribution < -0.4 is 5.73 Å². The minimum Gasteiger partial charge on any atom is -0.338 e. The van der Waals surface area contributed by atoms with E-state index in [1.165, 1.54) is 0 Å². The van der Waals surface area contributed by atoms with E-state index in [1.807, 2.05) is 16.4 Å². The van der Waals surface area contributed by atoms with Gasteiger partial charge in [0.1, 0.15) is 5.69 Å². The molecule has 96 valence electrons. The fourth-order valence-electron chi connectivity index (χ4n) is 1.66. The summed E-state index contributed by atoms with van der Waals surface area (Å²) in [6, 6.07) is 0. The van der Waals surface area contributed by atoms with E-state index in [1.54, 1.807) is 12.5 Å². The normalized spacial score (nSPS) is 10.5. The molecule has 17 heavy (non-hydrogen) atoms. The first-order valence-corrected chi connectivity index (χ1v) is 6.24. The summed E-state index contributed by atoms with van der Waals surface area (Å²) in [6.07, 6.45) is 5.55. The Kier molecular flexibility index (Phi) is 5.69. The molecule has 1 heterocycles. The van der Waals surface area contributed by atoms with Crippen molar-refractivity contribution in [2.75, 3.05) is 19.6 Å². The van der Waals surface area contributed by atoms with Gasteiger partial charge in [-0.1, -0.05) is 13.3 Å². The average Bonchev–Trinajstić information content (AvgIpc) is 2.79. The highest BCUT2D eigenvalue weighted by molar-refractivity contribution is 5.92. The van der Waals surface area contributed by atoms with Gasteiger partial charge in [0.05, 0.1) is 6.33 Å². The number of carbonyl (C=O) groups excluding carboxylic acids is 1. The first-order chi connectivity index (χ1) is 8.22. The summed E-state index contributed by atoms with van der Waals surface area (Å²) in [7, 11) is 0. The van der Waals surface area contributed by atoms with E-state index < -0.39 is 0 Å². The molecule has 1 aromatic rings. The van der Waals surface area contributed by atoms with E-state index in [9.17, 15) is 4.79 Å². The van der Waals surface area contributed by atoms with Crippen LogP contribution >= 0.6 is 0 Å². The molecule has 0 aromatic carbocycles. The van der Waals surface area contributed by atoms with Gasteiger partial charge in [0.25, 0.3) is 5.91 Å². The topological polar surface area (TPSA) is 64.2 Å². The molecule has 0 unspecified atom stereocenters. The number of unbranched alkanes of at least 4 members (excludes halogenated alkanes) is 1. The van der Waals surface area contributed by atoms with E-state index in [2.05, 4.69) is 11.9 Å². The lowest BCUT2D eigenvalue weighted by Crippen LogP contribution is -2.32. The summed E-state index contributed by atoms with van der Waals surface area (Å²) in [5.41, 5.74) is 5.96. The van der Waals surface area contributed by atoms with Gasteiger partial charge in [-0.3, -0.25) is 4.79 Å². The molecule has 0 atom stereocenters. The van der Waals surface area contributed by atoms with Gasteiger partial charge >= 0.3 is 0 Å². The summed E-state index contributed by atoms with van der Waals surface area (Å²) in [5, 5.41) is 0. The van der Waals surface area contributed by atoms with Crippen molar-refractivity contribution >= 4 is 5.91 Å².